The van der Waals surface area contributed by atoms with Gasteiger partial charge in [-0.3, -0.25) is 9.59 Å². The zero-order valence-electron chi connectivity index (χ0n) is 15.5. The number of carboxylic acid groups (broad SMARTS) is 1. The van der Waals surface area contributed by atoms with Gasteiger partial charge in [0, 0.05) is 10.5 Å². The van der Waals surface area contributed by atoms with Crippen molar-refractivity contribution in [2.75, 3.05) is 0 Å². The van der Waals surface area contributed by atoms with Gasteiger partial charge in [-0.05, 0) is 37.1 Å². The molecular formula is C21H13BrClF3O5. The lowest BCUT2D eigenvalue weighted by molar-refractivity contribution is -0.148. The van der Waals surface area contributed by atoms with Crippen LogP contribution in [0.15, 0.2) is 50.1 Å². The molecule has 0 bridgehead atoms. The molecule has 0 unspecified atom stereocenters. The second-order valence-corrected chi connectivity index (χ2v) is 8.43. The average molecular weight is 518 g/mol. The summed E-state index contributed by atoms with van der Waals surface area (Å²) in [5.41, 5.74) is -1.50. The van der Waals surface area contributed by atoms with Crippen LogP contribution in [0, 0.1) is 5.92 Å². The fourth-order valence-corrected chi connectivity index (χ4v) is 4.14. The third kappa shape index (κ3) is 4.16. The van der Waals surface area contributed by atoms with Crippen LogP contribution in [0.5, 0.6) is 5.75 Å². The Kier molecular flexibility index (Phi) is 5.51. The summed E-state index contributed by atoms with van der Waals surface area (Å²) in [5.74, 6) is -1.64. The number of carbonyl (C=O) groups is 1. The number of aliphatic carboxylic acids is 1. The third-order valence-electron chi connectivity index (χ3n) is 5.08. The molecule has 4 rings (SSSR count). The molecule has 0 spiro atoms. The fourth-order valence-electron chi connectivity index (χ4n) is 3.38. The number of hydrogen-bond donors (Lipinski definition) is 1. The number of ether oxygens (including phenoxy) is 1. The molecule has 1 heterocycles. The largest absolute Gasteiger partial charge is 0.490 e. The van der Waals surface area contributed by atoms with Crippen LogP contribution in [0.25, 0.3) is 22.3 Å². The molecule has 1 fully saturated rings. The first kappa shape index (κ1) is 21.7. The summed E-state index contributed by atoms with van der Waals surface area (Å²) in [4.78, 5) is 23.6. The lowest BCUT2D eigenvalue weighted by atomic mass is 9.82. The first-order valence-corrected chi connectivity index (χ1v) is 10.2. The molecule has 5 nitrogen and oxygen atoms in total. The fraction of sp³-hybridized carbons (Fsp3) is 0.238. The van der Waals surface area contributed by atoms with Crippen LogP contribution in [-0.4, -0.2) is 17.2 Å². The van der Waals surface area contributed by atoms with Crippen LogP contribution in [-0.2, 0) is 11.0 Å². The van der Waals surface area contributed by atoms with Crippen molar-refractivity contribution in [2.24, 2.45) is 5.92 Å². The van der Waals surface area contributed by atoms with Crippen molar-refractivity contribution in [3.8, 4) is 17.1 Å². The maximum Gasteiger partial charge on any atom is 0.417 e. The van der Waals surface area contributed by atoms with Crippen molar-refractivity contribution in [3.05, 3.63) is 61.7 Å². The van der Waals surface area contributed by atoms with Crippen molar-refractivity contribution < 1.29 is 32.2 Å². The van der Waals surface area contributed by atoms with Crippen LogP contribution >= 0.6 is 27.5 Å². The van der Waals surface area contributed by atoms with Crippen LogP contribution in [0.1, 0.15) is 18.4 Å². The van der Waals surface area contributed by atoms with E-state index in [4.69, 9.17) is 25.9 Å². The molecule has 2 aromatic carbocycles. The molecule has 3 aromatic rings. The topological polar surface area (TPSA) is 76.7 Å². The summed E-state index contributed by atoms with van der Waals surface area (Å²) in [7, 11) is 0. The lowest BCUT2D eigenvalue weighted by Gasteiger charge is -2.33. The van der Waals surface area contributed by atoms with Crippen LogP contribution < -0.4 is 10.2 Å². The number of halogens is 5. The number of alkyl halides is 3. The molecule has 10 heteroatoms. The van der Waals surface area contributed by atoms with E-state index in [-0.39, 0.29) is 50.4 Å². The van der Waals surface area contributed by atoms with E-state index in [1.807, 2.05) is 0 Å². The molecule has 0 amide bonds. The molecule has 0 aliphatic heterocycles. The van der Waals surface area contributed by atoms with E-state index in [2.05, 4.69) is 15.9 Å². The molecule has 31 heavy (non-hydrogen) atoms. The van der Waals surface area contributed by atoms with Gasteiger partial charge in [0.15, 0.2) is 11.0 Å². The second-order valence-electron chi connectivity index (χ2n) is 7.16. The SMILES string of the molecule is O=c1cc(-c2cc(C(F)(F)F)c(Br)cc2O[C@H]2C[C@H](C(=O)O)C2)oc2c(Cl)cccc12. The summed E-state index contributed by atoms with van der Waals surface area (Å²) in [5, 5.41) is 9.35. The van der Waals surface area contributed by atoms with Gasteiger partial charge in [0.25, 0.3) is 0 Å². The minimum absolute atomic E-state index is 0.0308. The molecule has 162 valence electrons. The number of para-hydroxylation sites is 1. The van der Waals surface area contributed by atoms with Crippen molar-refractivity contribution >= 4 is 44.5 Å². The minimum atomic E-state index is -4.67. The molecule has 1 saturated carbocycles. The Morgan fingerprint density at radius 1 is 1.23 bits per heavy atom. The molecule has 1 aliphatic carbocycles. The van der Waals surface area contributed by atoms with Gasteiger partial charge >= 0.3 is 12.1 Å². The van der Waals surface area contributed by atoms with Crippen LogP contribution in [0.3, 0.4) is 0 Å². The summed E-state index contributed by atoms with van der Waals surface area (Å²) in [6, 6.07) is 7.60. The lowest BCUT2D eigenvalue weighted by Crippen LogP contribution is -2.38. The van der Waals surface area contributed by atoms with Gasteiger partial charge in [0.05, 0.1) is 27.5 Å². The maximum absolute atomic E-state index is 13.5. The Bertz CT molecular complexity index is 1250. The Hall–Kier alpha value is -2.52. The van der Waals surface area contributed by atoms with Crippen molar-refractivity contribution in [1.29, 1.82) is 0 Å². The molecule has 0 atom stereocenters. The van der Waals surface area contributed by atoms with Crippen molar-refractivity contribution in [1.82, 2.24) is 0 Å². The maximum atomic E-state index is 13.5. The highest BCUT2D eigenvalue weighted by Crippen LogP contribution is 2.44. The average Bonchev–Trinajstić information content (AvgIpc) is 2.63. The smallest absolute Gasteiger partial charge is 0.417 e. The third-order valence-corrected chi connectivity index (χ3v) is 6.04. The monoisotopic (exact) mass is 516 g/mol. The van der Waals surface area contributed by atoms with Crippen LogP contribution in [0.2, 0.25) is 5.02 Å². The van der Waals surface area contributed by atoms with E-state index < -0.39 is 35.2 Å². The number of rotatable bonds is 4. The summed E-state index contributed by atoms with van der Waals surface area (Å²) in [6.07, 6.45) is -4.72. The van der Waals surface area contributed by atoms with E-state index in [9.17, 15) is 22.8 Å². The quantitative estimate of drug-likeness (QED) is 0.450. The normalized spacial score (nSPS) is 18.6. The summed E-state index contributed by atoms with van der Waals surface area (Å²) >= 11 is 9.02. The highest BCUT2D eigenvalue weighted by atomic mass is 79.9. The van der Waals surface area contributed by atoms with Gasteiger partial charge in [-0.1, -0.05) is 33.6 Å². The molecule has 1 aromatic heterocycles. The van der Waals surface area contributed by atoms with Gasteiger partial charge in [-0.25, -0.2) is 0 Å². The van der Waals surface area contributed by atoms with E-state index in [1.54, 1.807) is 6.07 Å². The molecule has 0 radical (unpaired) electrons. The van der Waals surface area contributed by atoms with Crippen molar-refractivity contribution in [3.63, 3.8) is 0 Å². The first-order chi connectivity index (χ1) is 14.5. The number of hydrogen-bond acceptors (Lipinski definition) is 4. The van der Waals surface area contributed by atoms with Gasteiger partial charge in [0.1, 0.15) is 17.6 Å². The molecule has 1 aliphatic rings. The van der Waals surface area contributed by atoms with Gasteiger partial charge < -0.3 is 14.3 Å². The van der Waals surface area contributed by atoms with E-state index in [1.165, 1.54) is 12.1 Å². The van der Waals surface area contributed by atoms with Gasteiger partial charge in [-0.15, -0.1) is 0 Å². The first-order valence-electron chi connectivity index (χ1n) is 9.07. The Labute approximate surface area is 186 Å². The minimum Gasteiger partial charge on any atom is -0.490 e. The zero-order valence-corrected chi connectivity index (χ0v) is 17.8. The van der Waals surface area contributed by atoms with E-state index >= 15 is 0 Å². The summed E-state index contributed by atoms with van der Waals surface area (Å²) in [6.45, 7) is 0. The van der Waals surface area contributed by atoms with Gasteiger partial charge in [0.2, 0.25) is 0 Å². The predicted octanol–water partition coefficient (Wildman–Crippen LogP) is 6.14. The highest BCUT2D eigenvalue weighted by Gasteiger charge is 2.38. The molecule has 1 N–H and O–H groups in total. The Morgan fingerprint density at radius 2 is 1.94 bits per heavy atom. The Morgan fingerprint density at radius 3 is 2.58 bits per heavy atom. The number of carboxylic acids is 1. The molecular weight excluding hydrogens is 505 g/mol. The zero-order chi connectivity index (χ0) is 22.5. The van der Waals surface area contributed by atoms with E-state index in [0.29, 0.717) is 0 Å². The second kappa shape index (κ2) is 7.87. The van der Waals surface area contributed by atoms with Crippen LogP contribution in [0.4, 0.5) is 13.2 Å². The van der Waals surface area contributed by atoms with E-state index in [0.717, 1.165) is 18.2 Å². The number of benzene rings is 2. The summed E-state index contributed by atoms with van der Waals surface area (Å²) < 4.78 is 51.8. The highest BCUT2D eigenvalue weighted by molar-refractivity contribution is 9.10. The molecule has 0 saturated heterocycles. The standard InChI is InChI=1S/C21H13BrClF3O5/c22-14-7-17(30-10-4-9(5-10)20(28)29)12(6-13(14)21(24,25)26)18-8-16(27)11-2-1-3-15(23)19(11)31-18/h1-3,6-10H,4-5H2,(H,28,29)/t9-,10-. The predicted molar refractivity (Wildman–Crippen MR) is 110 cm³/mol. The number of fused-ring (bicyclic) bond motifs is 1. The Balaban J connectivity index is 1.85. The van der Waals surface area contributed by atoms with Gasteiger partial charge in [-0.2, -0.15) is 13.2 Å². The van der Waals surface area contributed by atoms with Crippen molar-refractivity contribution in [2.45, 2.75) is 25.1 Å².